The third-order valence-electron chi connectivity index (χ3n) is 2.19. The van der Waals surface area contributed by atoms with Crippen LogP contribution in [-0.2, 0) is 0 Å². The van der Waals surface area contributed by atoms with Crippen LogP contribution in [0.25, 0.3) is 0 Å². The van der Waals surface area contributed by atoms with E-state index < -0.39 is 0 Å². The molecule has 1 N–H and O–H groups in total. The van der Waals surface area contributed by atoms with Gasteiger partial charge in [0, 0.05) is 10.6 Å². The van der Waals surface area contributed by atoms with Gasteiger partial charge in [-0.15, -0.1) is 0 Å². The zero-order valence-electron chi connectivity index (χ0n) is 9.74. The maximum absolute atomic E-state index is 11.6. The van der Waals surface area contributed by atoms with Crippen LogP contribution in [-0.4, -0.2) is 12.5 Å². The number of carbonyl (C=O) groups is 1. The van der Waals surface area contributed by atoms with Gasteiger partial charge in [-0.2, -0.15) is 0 Å². The molecule has 0 fully saturated rings. The van der Waals surface area contributed by atoms with Crippen LogP contribution in [0, 0.1) is 11.8 Å². The summed E-state index contributed by atoms with van der Waals surface area (Å²) >= 11 is 8.97. The van der Waals surface area contributed by atoms with Gasteiger partial charge in [0.1, 0.15) is 0 Å². The molecule has 0 aliphatic heterocycles. The molecule has 5 heteroatoms. The molecule has 0 saturated carbocycles. The Balaban J connectivity index is 1.89. The summed E-state index contributed by atoms with van der Waals surface area (Å²) in [7, 11) is 0. The van der Waals surface area contributed by atoms with Gasteiger partial charge in [-0.05, 0) is 46.3 Å². The van der Waals surface area contributed by atoms with Crippen molar-refractivity contribution in [2.24, 2.45) is 0 Å². The van der Waals surface area contributed by atoms with Crippen molar-refractivity contribution in [1.29, 1.82) is 0 Å². The van der Waals surface area contributed by atoms with Crippen LogP contribution in [0.2, 0.25) is 5.02 Å². The molecule has 3 nitrogen and oxygen atoms in total. The Morgan fingerprint density at radius 2 is 2.21 bits per heavy atom. The molecule has 19 heavy (non-hydrogen) atoms. The van der Waals surface area contributed by atoms with E-state index in [1.54, 1.807) is 24.3 Å². The van der Waals surface area contributed by atoms with Crippen LogP contribution in [0.4, 0.5) is 0 Å². The molecule has 0 saturated heterocycles. The number of amides is 1. The van der Waals surface area contributed by atoms with E-state index in [-0.39, 0.29) is 18.2 Å². The van der Waals surface area contributed by atoms with Crippen LogP contribution >= 0.6 is 27.5 Å². The van der Waals surface area contributed by atoms with E-state index in [0.717, 1.165) is 5.56 Å². The number of nitrogens with one attached hydrogen (secondary N) is 1. The number of carbonyl (C=O) groups excluding carboxylic acids is 1. The Kier molecular flexibility index (Phi) is 4.67. The van der Waals surface area contributed by atoms with Crippen molar-refractivity contribution in [2.45, 2.75) is 0 Å². The van der Waals surface area contributed by atoms with Gasteiger partial charge in [0.2, 0.25) is 0 Å². The van der Waals surface area contributed by atoms with Gasteiger partial charge in [0.15, 0.2) is 10.4 Å². The first kappa shape index (κ1) is 13.7. The van der Waals surface area contributed by atoms with E-state index in [1.807, 2.05) is 12.1 Å². The third kappa shape index (κ3) is 4.16. The predicted octanol–water partition coefficient (Wildman–Crippen LogP) is 3.48. The van der Waals surface area contributed by atoms with Crippen molar-refractivity contribution < 1.29 is 9.21 Å². The van der Waals surface area contributed by atoms with Crippen LogP contribution in [0.15, 0.2) is 45.5 Å². The average Bonchev–Trinajstić information content (AvgIpc) is 2.81. The Morgan fingerprint density at radius 3 is 2.89 bits per heavy atom. The smallest absolute Gasteiger partial charge is 0.287 e. The molecule has 1 heterocycles. The lowest BCUT2D eigenvalue weighted by Crippen LogP contribution is -2.22. The molecule has 0 atom stereocenters. The fraction of sp³-hybridized carbons (Fsp3) is 0.0714. The highest BCUT2D eigenvalue weighted by molar-refractivity contribution is 9.10. The Morgan fingerprint density at radius 1 is 1.37 bits per heavy atom. The molecule has 2 rings (SSSR count). The van der Waals surface area contributed by atoms with Crippen molar-refractivity contribution in [3.05, 3.63) is 57.4 Å². The summed E-state index contributed by atoms with van der Waals surface area (Å²) in [5.41, 5.74) is 0.808. The highest BCUT2D eigenvalue weighted by Gasteiger charge is 2.08. The maximum Gasteiger partial charge on any atom is 0.287 e. The van der Waals surface area contributed by atoms with Crippen LogP contribution in [0.5, 0.6) is 0 Å². The van der Waals surface area contributed by atoms with Gasteiger partial charge in [0.05, 0.1) is 6.54 Å². The van der Waals surface area contributed by atoms with Crippen molar-refractivity contribution in [2.75, 3.05) is 6.54 Å². The van der Waals surface area contributed by atoms with Gasteiger partial charge < -0.3 is 9.73 Å². The summed E-state index contributed by atoms with van der Waals surface area (Å²) in [6.45, 7) is 0.240. The molecule has 1 amide bonds. The van der Waals surface area contributed by atoms with E-state index in [4.69, 9.17) is 16.0 Å². The SMILES string of the molecule is O=C(NCC#Cc1cccc(Cl)c1)c1ccc(Br)o1. The summed E-state index contributed by atoms with van der Waals surface area (Å²) < 4.78 is 5.63. The number of benzene rings is 1. The van der Waals surface area contributed by atoms with Crippen LogP contribution in [0.1, 0.15) is 16.1 Å². The minimum absolute atomic E-state index is 0.240. The number of hydrogen-bond donors (Lipinski definition) is 1. The minimum Gasteiger partial charge on any atom is -0.444 e. The van der Waals surface area contributed by atoms with Gasteiger partial charge in [0.25, 0.3) is 5.91 Å². The zero-order valence-corrected chi connectivity index (χ0v) is 12.1. The van der Waals surface area contributed by atoms with Gasteiger partial charge >= 0.3 is 0 Å². The average molecular weight is 339 g/mol. The molecule has 0 radical (unpaired) electrons. The van der Waals surface area contributed by atoms with Gasteiger partial charge in [-0.25, -0.2) is 0 Å². The van der Waals surface area contributed by atoms with Crippen molar-refractivity contribution in [3.8, 4) is 11.8 Å². The molecular weight excluding hydrogens is 330 g/mol. The zero-order chi connectivity index (χ0) is 13.7. The van der Waals surface area contributed by atoms with E-state index in [2.05, 4.69) is 33.1 Å². The second-order valence-corrected chi connectivity index (χ2v) is 4.82. The van der Waals surface area contributed by atoms with Gasteiger partial charge in [-0.1, -0.05) is 29.5 Å². The number of halogens is 2. The Labute approximate surface area is 124 Å². The quantitative estimate of drug-likeness (QED) is 0.852. The summed E-state index contributed by atoms with van der Waals surface area (Å²) in [6.07, 6.45) is 0. The fourth-order valence-electron chi connectivity index (χ4n) is 1.36. The normalized spacial score (nSPS) is 9.58. The number of rotatable bonds is 2. The lowest BCUT2D eigenvalue weighted by atomic mass is 10.2. The molecule has 0 aliphatic rings. The standard InChI is InChI=1S/C14H9BrClNO2/c15-13-7-6-12(19-13)14(18)17-8-2-4-10-3-1-5-11(16)9-10/h1,3,5-7,9H,8H2,(H,17,18). The summed E-state index contributed by atoms with van der Waals surface area (Å²) in [5.74, 6) is 5.70. The largest absolute Gasteiger partial charge is 0.444 e. The van der Waals surface area contributed by atoms with Crippen LogP contribution in [0.3, 0.4) is 0 Å². The second kappa shape index (κ2) is 6.46. The molecule has 0 spiro atoms. The molecule has 0 unspecified atom stereocenters. The van der Waals surface area contributed by atoms with Crippen molar-refractivity contribution >= 4 is 33.4 Å². The van der Waals surface area contributed by atoms with Crippen molar-refractivity contribution in [1.82, 2.24) is 5.32 Å². The van der Waals surface area contributed by atoms with E-state index >= 15 is 0 Å². The Hall–Kier alpha value is -1.70. The predicted molar refractivity (Wildman–Crippen MR) is 77.1 cm³/mol. The maximum atomic E-state index is 11.6. The summed E-state index contributed by atoms with van der Waals surface area (Å²) in [4.78, 5) is 11.6. The highest BCUT2D eigenvalue weighted by Crippen LogP contribution is 2.13. The molecule has 1 aromatic carbocycles. The molecule has 1 aromatic heterocycles. The third-order valence-corrected chi connectivity index (χ3v) is 2.85. The molecule has 96 valence electrons. The summed E-state index contributed by atoms with van der Waals surface area (Å²) in [6, 6.07) is 10.5. The molecule has 0 aliphatic carbocycles. The first-order valence-electron chi connectivity index (χ1n) is 5.43. The van der Waals surface area contributed by atoms with Gasteiger partial charge in [-0.3, -0.25) is 4.79 Å². The number of furan rings is 1. The fourth-order valence-corrected chi connectivity index (χ4v) is 1.86. The summed E-state index contributed by atoms with van der Waals surface area (Å²) in [5, 5.41) is 3.27. The van der Waals surface area contributed by atoms with E-state index in [0.29, 0.717) is 9.69 Å². The minimum atomic E-state index is -0.300. The van der Waals surface area contributed by atoms with E-state index in [1.165, 1.54) is 0 Å². The van der Waals surface area contributed by atoms with Crippen molar-refractivity contribution in [3.63, 3.8) is 0 Å². The lowest BCUT2D eigenvalue weighted by Gasteiger charge is -1.96. The first-order valence-corrected chi connectivity index (χ1v) is 6.60. The number of hydrogen-bond acceptors (Lipinski definition) is 2. The van der Waals surface area contributed by atoms with Crippen LogP contribution < -0.4 is 5.32 Å². The second-order valence-electron chi connectivity index (χ2n) is 3.60. The topological polar surface area (TPSA) is 42.2 Å². The lowest BCUT2D eigenvalue weighted by molar-refractivity contribution is 0.0930. The molecular formula is C14H9BrClNO2. The first-order chi connectivity index (χ1) is 9.15. The Bertz CT molecular complexity index is 655. The molecule has 0 bridgehead atoms. The van der Waals surface area contributed by atoms with E-state index in [9.17, 15) is 4.79 Å². The highest BCUT2D eigenvalue weighted by atomic mass is 79.9. The monoisotopic (exact) mass is 337 g/mol. The molecule has 2 aromatic rings.